The van der Waals surface area contributed by atoms with Crippen molar-refractivity contribution in [2.75, 3.05) is 18.5 Å². The van der Waals surface area contributed by atoms with E-state index in [-0.39, 0.29) is 17.8 Å². The number of pyridine rings is 1. The summed E-state index contributed by atoms with van der Waals surface area (Å²) in [5.41, 5.74) is 6.89. The number of halogens is 2. The second-order valence-electron chi connectivity index (χ2n) is 4.60. The molecule has 0 fully saturated rings. The number of anilines is 1. The van der Waals surface area contributed by atoms with Crippen LogP contribution in [0.5, 0.6) is 0 Å². The second-order valence-corrected chi connectivity index (χ2v) is 4.60. The number of rotatable bonds is 5. The Bertz CT molecular complexity index is 573. The van der Waals surface area contributed by atoms with E-state index in [2.05, 4.69) is 4.98 Å². The van der Waals surface area contributed by atoms with Gasteiger partial charge in [0.2, 0.25) is 0 Å². The minimum atomic E-state index is -0.860. The van der Waals surface area contributed by atoms with Gasteiger partial charge in [-0.25, -0.2) is 8.78 Å². The maximum Gasteiger partial charge on any atom is 0.182 e. The van der Waals surface area contributed by atoms with Gasteiger partial charge in [0.1, 0.15) is 0 Å². The SMILES string of the molecule is CN(CCc1ccncc1)c1ccc(CN)c(F)c1F. The molecule has 1 heterocycles. The van der Waals surface area contributed by atoms with Crippen molar-refractivity contribution in [3.8, 4) is 0 Å². The molecule has 1 aromatic carbocycles. The fourth-order valence-corrected chi connectivity index (χ4v) is 2.00. The number of likely N-dealkylation sites (N-methyl/N-ethyl adjacent to an activating group) is 1. The molecular formula is C15H17F2N3. The zero-order chi connectivity index (χ0) is 14.5. The molecule has 1 aromatic heterocycles. The van der Waals surface area contributed by atoms with Crippen LogP contribution in [0.15, 0.2) is 36.7 Å². The predicted molar refractivity (Wildman–Crippen MR) is 75.5 cm³/mol. The fourth-order valence-electron chi connectivity index (χ4n) is 2.00. The van der Waals surface area contributed by atoms with Gasteiger partial charge in [-0.15, -0.1) is 0 Å². The van der Waals surface area contributed by atoms with Crippen LogP contribution in [0.2, 0.25) is 0 Å². The topological polar surface area (TPSA) is 42.2 Å². The first-order valence-electron chi connectivity index (χ1n) is 6.40. The molecule has 0 bridgehead atoms. The highest BCUT2D eigenvalue weighted by molar-refractivity contribution is 5.49. The third-order valence-corrected chi connectivity index (χ3v) is 3.26. The first-order chi connectivity index (χ1) is 9.63. The van der Waals surface area contributed by atoms with Gasteiger partial charge in [-0.3, -0.25) is 4.98 Å². The monoisotopic (exact) mass is 277 g/mol. The molecule has 0 saturated heterocycles. The Labute approximate surface area is 117 Å². The van der Waals surface area contributed by atoms with Crippen LogP contribution < -0.4 is 10.6 Å². The fraction of sp³-hybridized carbons (Fsp3) is 0.267. The molecule has 3 nitrogen and oxygen atoms in total. The summed E-state index contributed by atoms with van der Waals surface area (Å²) in [7, 11) is 1.74. The Hall–Kier alpha value is -2.01. The van der Waals surface area contributed by atoms with Crippen molar-refractivity contribution in [2.24, 2.45) is 5.73 Å². The molecule has 20 heavy (non-hydrogen) atoms. The number of aromatic nitrogens is 1. The highest BCUT2D eigenvalue weighted by atomic mass is 19.2. The number of benzene rings is 1. The van der Waals surface area contributed by atoms with E-state index in [1.54, 1.807) is 30.4 Å². The molecule has 0 unspecified atom stereocenters. The average molecular weight is 277 g/mol. The third kappa shape index (κ3) is 3.11. The van der Waals surface area contributed by atoms with Crippen molar-refractivity contribution in [3.05, 3.63) is 59.4 Å². The molecule has 0 saturated carbocycles. The summed E-state index contributed by atoms with van der Waals surface area (Å²) in [5.74, 6) is -1.70. The van der Waals surface area contributed by atoms with Gasteiger partial charge >= 0.3 is 0 Å². The molecule has 0 aliphatic carbocycles. The van der Waals surface area contributed by atoms with Gasteiger partial charge in [-0.05, 0) is 30.2 Å². The zero-order valence-electron chi connectivity index (χ0n) is 11.3. The van der Waals surface area contributed by atoms with Gasteiger partial charge < -0.3 is 10.6 Å². The van der Waals surface area contributed by atoms with Crippen LogP contribution in [-0.2, 0) is 13.0 Å². The van der Waals surface area contributed by atoms with Crippen molar-refractivity contribution < 1.29 is 8.78 Å². The van der Waals surface area contributed by atoms with E-state index in [1.165, 1.54) is 6.07 Å². The second kappa shape index (κ2) is 6.43. The summed E-state index contributed by atoms with van der Waals surface area (Å²) in [4.78, 5) is 5.63. The normalized spacial score (nSPS) is 10.6. The standard InChI is InChI=1S/C15H17F2N3/c1-20(9-6-11-4-7-19-8-5-11)13-3-2-12(10-18)14(16)15(13)17/h2-5,7-8H,6,9-10,18H2,1H3. The average Bonchev–Trinajstić information content (AvgIpc) is 2.48. The van der Waals surface area contributed by atoms with E-state index in [9.17, 15) is 8.78 Å². The molecule has 5 heteroatoms. The van der Waals surface area contributed by atoms with E-state index in [1.807, 2.05) is 12.1 Å². The third-order valence-electron chi connectivity index (χ3n) is 3.26. The van der Waals surface area contributed by atoms with Crippen LogP contribution in [0.3, 0.4) is 0 Å². The van der Waals surface area contributed by atoms with E-state index < -0.39 is 11.6 Å². The van der Waals surface area contributed by atoms with Crippen LogP contribution in [-0.4, -0.2) is 18.6 Å². The smallest absolute Gasteiger partial charge is 0.182 e. The van der Waals surface area contributed by atoms with Crippen LogP contribution in [0, 0.1) is 11.6 Å². The number of nitrogens with zero attached hydrogens (tertiary/aromatic N) is 2. The quantitative estimate of drug-likeness (QED) is 0.913. The summed E-state index contributed by atoms with van der Waals surface area (Å²) < 4.78 is 27.6. The summed E-state index contributed by atoms with van der Waals surface area (Å²) in [6.45, 7) is 0.576. The van der Waals surface area contributed by atoms with Gasteiger partial charge in [0, 0.05) is 38.1 Å². The lowest BCUT2D eigenvalue weighted by Gasteiger charge is -2.20. The van der Waals surface area contributed by atoms with Crippen molar-refractivity contribution in [2.45, 2.75) is 13.0 Å². The van der Waals surface area contributed by atoms with Crippen molar-refractivity contribution in [1.29, 1.82) is 0 Å². The molecule has 0 spiro atoms. The molecule has 0 atom stereocenters. The molecular weight excluding hydrogens is 260 g/mol. The van der Waals surface area contributed by atoms with E-state index in [0.29, 0.717) is 6.54 Å². The van der Waals surface area contributed by atoms with Crippen molar-refractivity contribution >= 4 is 5.69 Å². The maximum atomic E-state index is 13.9. The van der Waals surface area contributed by atoms with Gasteiger partial charge in [0.25, 0.3) is 0 Å². The van der Waals surface area contributed by atoms with E-state index >= 15 is 0 Å². The lowest BCUT2D eigenvalue weighted by atomic mass is 10.1. The Morgan fingerprint density at radius 2 is 1.80 bits per heavy atom. The molecule has 0 radical (unpaired) electrons. The molecule has 2 aromatic rings. The molecule has 2 rings (SSSR count). The van der Waals surface area contributed by atoms with Crippen LogP contribution >= 0.6 is 0 Å². The Kier molecular flexibility index (Phi) is 4.63. The number of nitrogens with two attached hydrogens (primary N) is 1. The van der Waals surface area contributed by atoms with Gasteiger partial charge in [0.15, 0.2) is 11.6 Å². The van der Waals surface area contributed by atoms with Crippen LogP contribution in [0.4, 0.5) is 14.5 Å². The summed E-state index contributed by atoms with van der Waals surface area (Å²) in [6.07, 6.45) is 4.16. The Morgan fingerprint density at radius 1 is 1.10 bits per heavy atom. The molecule has 0 aliphatic heterocycles. The van der Waals surface area contributed by atoms with Crippen molar-refractivity contribution in [3.63, 3.8) is 0 Å². The van der Waals surface area contributed by atoms with Gasteiger partial charge in [-0.1, -0.05) is 6.07 Å². The highest BCUT2D eigenvalue weighted by Crippen LogP contribution is 2.23. The summed E-state index contributed by atoms with van der Waals surface area (Å²) >= 11 is 0. The maximum absolute atomic E-state index is 13.9. The predicted octanol–water partition coefficient (Wildman–Crippen LogP) is 2.50. The minimum absolute atomic E-state index is 0.0102. The summed E-state index contributed by atoms with van der Waals surface area (Å²) in [6, 6.07) is 6.90. The first kappa shape index (κ1) is 14.4. The molecule has 106 valence electrons. The minimum Gasteiger partial charge on any atom is -0.372 e. The lowest BCUT2D eigenvalue weighted by Crippen LogP contribution is -2.22. The highest BCUT2D eigenvalue weighted by Gasteiger charge is 2.15. The zero-order valence-corrected chi connectivity index (χ0v) is 11.3. The number of hydrogen-bond acceptors (Lipinski definition) is 3. The lowest BCUT2D eigenvalue weighted by molar-refractivity contribution is 0.498. The molecule has 0 aliphatic rings. The van der Waals surface area contributed by atoms with Gasteiger partial charge in [0.05, 0.1) is 5.69 Å². The number of hydrogen-bond donors (Lipinski definition) is 1. The molecule has 0 amide bonds. The van der Waals surface area contributed by atoms with Crippen LogP contribution in [0.25, 0.3) is 0 Å². The largest absolute Gasteiger partial charge is 0.372 e. The van der Waals surface area contributed by atoms with E-state index in [4.69, 9.17) is 5.73 Å². The Balaban J connectivity index is 2.10. The summed E-state index contributed by atoms with van der Waals surface area (Å²) in [5, 5.41) is 0. The Morgan fingerprint density at radius 3 is 2.45 bits per heavy atom. The van der Waals surface area contributed by atoms with E-state index in [0.717, 1.165) is 12.0 Å². The first-order valence-corrected chi connectivity index (χ1v) is 6.40. The van der Waals surface area contributed by atoms with Crippen molar-refractivity contribution in [1.82, 2.24) is 4.98 Å². The van der Waals surface area contributed by atoms with Gasteiger partial charge in [-0.2, -0.15) is 0 Å². The molecule has 2 N–H and O–H groups in total. The van der Waals surface area contributed by atoms with Crippen LogP contribution in [0.1, 0.15) is 11.1 Å².